The zero-order chi connectivity index (χ0) is 23.8. The fraction of sp³-hybridized carbons (Fsp3) is 0.500. The molecule has 33 heavy (non-hydrogen) atoms. The summed E-state index contributed by atoms with van der Waals surface area (Å²) in [4.78, 5) is 22.1. The Morgan fingerprint density at radius 2 is 2.03 bits per heavy atom. The Morgan fingerprint density at radius 1 is 1.24 bits per heavy atom. The van der Waals surface area contributed by atoms with E-state index < -0.39 is 0 Å². The van der Waals surface area contributed by atoms with Gasteiger partial charge in [0.15, 0.2) is 5.78 Å². The van der Waals surface area contributed by atoms with Crippen molar-refractivity contribution < 1.29 is 14.6 Å². The number of hydrogen-bond acceptors (Lipinski definition) is 6. The summed E-state index contributed by atoms with van der Waals surface area (Å²) < 4.78 is 6.07. The summed E-state index contributed by atoms with van der Waals surface area (Å²) in [7, 11) is 0. The van der Waals surface area contributed by atoms with Crippen molar-refractivity contribution in [1.82, 2.24) is 9.88 Å². The van der Waals surface area contributed by atoms with Crippen molar-refractivity contribution in [3.05, 3.63) is 52.3 Å². The van der Waals surface area contributed by atoms with E-state index in [0.29, 0.717) is 43.2 Å². The number of nitrogens with one attached hydrogen (secondary N) is 1. The summed E-state index contributed by atoms with van der Waals surface area (Å²) in [5.74, 6) is 1.13. The average Bonchev–Trinajstić information content (AvgIpc) is 3.10. The Balaban J connectivity index is 1.63. The maximum atomic E-state index is 13.4. The summed E-state index contributed by atoms with van der Waals surface area (Å²) >= 11 is 0. The van der Waals surface area contributed by atoms with Crippen LogP contribution in [0.5, 0.6) is 5.75 Å². The van der Waals surface area contributed by atoms with Gasteiger partial charge in [0.05, 0.1) is 18.8 Å². The van der Waals surface area contributed by atoms with Gasteiger partial charge in [0.2, 0.25) is 0 Å². The average molecular weight is 451 g/mol. The summed E-state index contributed by atoms with van der Waals surface area (Å²) in [6, 6.07) is 7.89. The number of pyridine rings is 1. The highest BCUT2D eigenvalue weighted by Gasteiger charge is 2.31. The topological polar surface area (TPSA) is 89.8 Å². The van der Waals surface area contributed by atoms with Crippen LogP contribution in [0.4, 0.5) is 5.69 Å². The van der Waals surface area contributed by atoms with Crippen molar-refractivity contribution in [1.29, 1.82) is 5.41 Å². The number of aryl methyl sites for hydroxylation is 1. The largest absolute Gasteiger partial charge is 0.489 e. The number of ketones is 1. The van der Waals surface area contributed by atoms with Crippen molar-refractivity contribution in [2.45, 2.75) is 52.5 Å². The fourth-order valence-corrected chi connectivity index (χ4v) is 4.48. The van der Waals surface area contributed by atoms with Crippen LogP contribution in [0.3, 0.4) is 0 Å². The molecule has 3 heterocycles. The molecule has 7 heteroatoms. The highest BCUT2D eigenvalue weighted by molar-refractivity contribution is 6.05. The number of carbonyl (C=O) groups excluding carboxylic acids is 1. The lowest BCUT2D eigenvalue weighted by molar-refractivity contribution is 0.0962. The zero-order valence-electron chi connectivity index (χ0n) is 20.1. The highest BCUT2D eigenvalue weighted by atomic mass is 16.5. The second-order valence-electron chi connectivity index (χ2n) is 9.83. The van der Waals surface area contributed by atoms with Crippen LogP contribution >= 0.6 is 0 Å². The predicted octanol–water partition coefficient (Wildman–Crippen LogP) is 3.55. The van der Waals surface area contributed by atoms with Gasteiger partial charge in [-0.1, -0.05) is 33.8 Å². The quantitative estimate of drug-likeness (QED) is 0.627. The molecule has 0 radical (unpaired) electrons. The number of nitrogens with zero attached hydrogens (tertiary/aromatic N) is 3. The molecular weight excluding hydrogens is 416 g/mol. The summed E-state index contributed by atoms with van der Waals surface area (Å²) in [6.07, 6.45) is 1.48. The monoisotopic (exact) mass is 450 g/mol. The third-order valence-electron chi connectivity index (χ3n) is 6.37. The molecule has 0 aliphatic carbocycles. The molecule has 2 aliphatic heterocycles. The number of rotatable bonds is 7. The van der Waals surface area contributed by atoms with Gasteiger partial charge in [-0.05, 0) is 36.5 Å². The standard InChI is InChI=1S/C26H34N4O3/c1-5-19-8-7-17-15-30(25(27)23(17)28-19)16-22(32)18-13-20(26(2,3)4)24-21(14-18)29(9-6-11-31)10-12-33-24/h7-8,13-14,27,31H,5-6,9-12,15-16H2,1-4H3. The van der Waals surface area contributed by atoms with E-state index in [9.17, 15) is 9.90 Å². The van der Waals surface area contributed by atoms with Crippen LogP contribution in [0.25, 0.3) is 0 Å². The molecule has 7 nitrogen and oxygen atoms in total. The number of aliphatic hydroxyl groups excluding tert-OH is 1. The van der Waals surface area contributed by atoms with Crippen LogP contribution in [0.1, 0.15) is 67.0 Å². The van der Waals surface area contributed by atoms with Crippen molar-refractivity contribution in [2.24, 2.45) is 0 Å². The minimum absolute atomic E-state index is 0.0238. The molecule has 4 rings (SSSR count). The van der Waals surface area contributed by atoms with Crippen LogP contribution < -0.4 is 9.64 Å². The molecule has 0 unspecified atom stereocenters. The molecule has 1 aromatic carbocycles. The van der Waals surface area contributed by atoms with Gasteiger partial charge in [-0.2, -0.15) is 0 Å². The lowest BCUT2D eigenvalue weighted by atomic mass is 9.84. The van der Waals surface area contributed by atoms with Gasteiger partial charge in [0.25, 0.3) is 0 Å². The van der Waals surface area contributed by atoms with E-state index in [4.69, 9.17) is 10.1 Å². The minimum atomic E-state index is -0.197. The van der Waals surface area contributed by atoms with Gasteiger partial charge in [0, 0.05) is 42.1 Å². The Kier molecular flexibility index (Phi) is 6.43. The second-order valence-corrected chi connectivity index (χ2v) is 9.83. The Labute approximate surface area is 195 Å². The number of carbonyl (C=O) groups is 1. The molecule has 2 aliphatic rings. The van der Waals surface area contributed by atoms with Crippen LogP contribution in [0, 0.1) is 5.41 Å². The van der Waals surface area contributed by atoms with E-state index in [1.54, 1.807) is 4.90 Å². The third-order valence-corrected chi connectivity index (χ3v) is 6.37. The number of aromatic nitrogens is 1. The van der Waals surface area contributed by atoms with Gasteiger partial charge >= 0.3 is 0 Å². The van der Waals surface area contributed by atoms with Gasteiger partial charge in [0.1, 0.15) is 23.9 Å². The fourth-order valence-electron chi connectivity index (χ4n) is 4.48. The first-order valence-corrected chi connectivity index (χ1v) is 11.8. The predicted molar refractivity (Wildman–Crippen MR) is 130 cm³/mol. The van der Waals surface area contributed by atoms with Crippen molar-refractivity contribution in [2.75, 3.05) is 37.7 Å². The van der Waals surface area contributed by atoms with E-state index in [1.807, 2.05) is 31.2 Å². The van der Waals surface area contributed by atoms with E-state index in [0.717, 1.165) is 41.2 Å². The van der Waals surface area contributed by atoms with E-state index >= 15 is 0 Å². The summed E-state index contributed by atoms with van der Waals surface area (Å²) in [6.45, 7) is 11.2. The number of fused-ring (bicyclic) bond motifs is 2. The van der Waals surface area contributed by atoms with Crippen LogP contribution in [0.15, 0.2) is 24.3 Å². The molecule has 2 N–H and O–H groups in total. The van der Waals surface area contributed by atoms with Gasteiger partial charge in [-0.3, -0.25) is 10.2 Å². The second kappa shape index (κ2) is 9.14. The van der Waals surface area contributed by atoms with Crippen LogP contribution in [-0.4, -0.2) is 59.5 Å². The molecule has 176 valence electrons. The molecule has 0 saturated heterocycles. The van der Waals surface area contributed by atoms with E-state index in [2.05, 4.69) is 30.7 Å². The molecule has 0 saturated carbocycles. The molecular formula is C26H34N4O3. The van der Waals surface area contributed by atoms with Crippen molar-refractivity contribution >= 4 is 17.3 Å². The smallest absolute Gasteiger partial charge is 0.182 e. The van der Waals surface area contributed by atoms with Gasteiger partial charge in [-0.25, -0.2) is 4.98 Å². The first kappa shape index (κ1) is 23.2. The lowest BCUT2D eigenvalue weighted by Gasteiger charge is -2.35. The molecule has 1 aromatic heterocycles. The Morgan fingerprint density at radius 3 is 2.73 bits per heavy atom. The molecule has 0 fully saturated rings. The SMILES string of the molecule is CCc1ccc2c(n1)C(=N)N(CC(=O)c1cc3c(c(C(C)(C)C)c1)OCCN3CCCO)C2. The van der Waals surface area contributed by atoms with Crippen molar-refractivity contribution in [3.63, 3.8) is 0 Å². The Bertz CT molecular complexity index is 1070. The molecule has 0 spiro atoms. The highest BCUT2D eigenvalue weighted by Crippen LogP contribution is 2.42. The van der Waals surface area contributed by atoms with E-state index in [-0.39, 0.29) is 24.3 Å². The molecule has 0 bridgehead atoms. The normalized spacial score (nSPS) is 15.4. The number of amidine groups is 1. The minimum Gasteiger partial charge on any atom is -0.489 e. The van der Waals surface area contributed by atoms with Gasteiger partial charge < -0.3 is 19.6 Å². The van der Waals surface area contributed by atoms with Crippen LogP contribution in [0.2, 0.25) is 0 Å². The zero-order valence-corrected chi connectivity index (χ0v) is 20.1. The number of benzene rings is 1. The number of Topliss-reactive ketones (excluding diaryl/α,β-unsaturated/α-hetero) is 1. The Hall–Kier alpha value is -2.93. The number of aliphatic hydroxyl groups is 1. The third kappa shape index (κ3) is 4.60. The molecule has 2 aromatic rings. The first-order valence-electron chi connectivity index (χ1n) is 11.8. The maximum Gasteiger partial charge on any atom is 0.182 e. The summed E-state index contributed by atoms with van der Waals surface area (Å²) in [5, 5.41) is 17.9. The van der Waals surface area contributed by atoms with Crippen molar-refractivity contribution in [3.8, 4) is 5.75 Å². The lowest BCUT2D eigenvalue weighted by Crippen LogP contribution is -2.36. The van der Waals surface area contributed by atoms with E-state index in [1.165, 1.54) is 0 Å². The van der Waals surface area contributed by atoms with Crippen LogP contribution in [-0.2, 0) is 18.4 Å². The molecule has 0 atom stereocenters. The first-order chi connectivity index (χ1) is 15.7. The number of anilines is 1. The molecule has 0 amide bonds. The van der Waals surface area contributed by atoms with Gasteiger partial charge in [-0.15, -0.1) is 0 Å². The number of ether oxygens (including phenoxy) is 1. The number of hydrogen-bond donors (Lipinski definition) is 2. The maximum absolute atomic E-state index is 13.4. The summed E-state index contributed by atoms with van der Waals surface area (Å²) in [5.41, 5.74) is 4.99.